The molecule has 8 heteroatoms. The molecule has 0 radical (unpaired) electrons. The highest BCUT2D eigenvalue weighted by atomic mass is 16.7. The van der Waals surface area contributed by atoms with Gasteiger partial charge in [-0.2, -0.15) is 0 Å². The van der Waals surface area contributed by atoms with Gasteiger partial charge in [0, 0.05) is 6.54 Å². The lowest BCUT2D eigenvalue weighted by atomic mass is 9.45. The molecule has 7 nitrogen and oxygen atoms in total. The second-order valence-corrected chi connectivity index (χ2v) is 11.8. The fraction of sp³-hybridized carbons (Fsp3) is 0.913. The Morgan fingerprint density at radius 3 is 2.61 bits per heavy atom. The number of hydrogen-bond acceptors (Lipinski definition) is 5. The van der Waals surface area contributed by atoms with Crippen molar-refractivity contribution in [3.05, 3.63) is 0 Å². The first-order valence-electron chi connectivity index (χ1n) is 12.0. The van der Waals surface area contributed by atoms with Crippen LogP contribution in [-0.4, -0.2) is 59.9 Å². The van der Waals surface area contributed by atoms with Gasteiger partial charge in [-0.25, -0.2) is 4.79 Å². The lowest BCUT2D eigenvalue weighted by Crippen LogP contribution is -2.63. The number of carbonyl (C=O) groups is 2. The quantitative estimate of drug-likeness (QED) is 0.685. The van der Waals surface area contributed by atoms with Crippen LogP contribution in [0.1, 0.15) is 80.6 Å². The molecular weight excluding hydrogens is 395 g/mol. The van der Waals surface area contributed by atoms with Gasteiger partial charge in [0.05, 0.1) is 17.6 Å². The van der Waals surface area contributed by atoms with Gasteiger partial charge in [-0.1, -0.05) is 20.8 Å². The molecule has 31 heavy (non-hydrogen) atoms. The average molecular weight is 434 g/mol. The molecule has 2 aliphatic heterocycles. The zero-order chi connectivity index (χ0) is 22.8. The molecule has 2 saturated heterocycles. The smallest absolute Gasteiger partial charge is 0.444 e. The monoisotopic (exact) mass is 434 g/mol. The molecular formula is C23H39BN2O5. The molecule has 2 heterocycles. The summed E-state index contributed by atoms with van der Waals surface area (Å²) in [7, 11) is -0.393. The van der Waals surface area contributed by atoms with Gasteiger partial charge in [-0.05, 0) is 77.0 Å². The molecule has 174 valence electrons. The van der Waals surface area contributed by atoms with Gasteiger partial charge in [0.1, 0.15) is 11.6 Å². The van der Waals surface area contributed by atoms with Crippen LogP contribution in [0.4, 0.5) is 4.79 Å². The molecule has 5 fully saturated rings. The summed E-state index contributed by atoms with van der Waals surface area (Å²) >= 11 is 0. The summed E-state index contributed by atoms with van der Waals surface area (Å²) in [6.45, 7) is 14.9. The van der Waals surface area contributed by atoms with E-state index in [1.165, 1.54) is 6.42 Å². The van der Waals surface area contributed by atoms with Crippen LogP contribution in [0, 0.1) is 17.3 Å². The Balaban J connectivity index is 1.43. The highest BCUT2D eigenvalue weighted by Gasteiger charge is 2.68. The zero-order valence-corrected chi connectivity index (χ0v) is 20.2. The fourth-order valence-corrected chi connectivity index (χ4v) is 6.25. The molecule has 0 unspecified atom stereocenters. The molecule has 5 rings (SSSR count). The maximum atomic E-state index is 13.4. The predicted molar refractivity (Wildman–Crippen MR) is 118 cm³/mol. The van der Waals surface area contributed by atoms with Crippen LogP contribution in [0.15, 0.2) is 0 Å². The summed E-state index contributed by atoms with van der Waals surface area (Å²) in [4.78, 5) is 27.5. The van der Waals surface area contributed by atoms with Crippen LogP contribution in [0.5, 0.6) is 0 Å². The normalized spacial score (nSPS) is 37.1. The van der Waals surface area contributed by atoms with Gasteiger partial charge >= 0.3 is 13.2 Å². The molecule has 0 aromatic carbocycles. The molecule has 3 aliphatic carbocycles. The number of rotatable bonds is 4. The van der Waals surface area contributed by atoms with Crippen molar-refractivity contribution in [1.82, 2.24) is 10.2 Å². The van der Waals surface area contributed by atoms with Gasteiger partial charge in [0.15, 0.2) is 0 Å². The van der Waals surface area contributed by atoms with Crippen LogP contribution in [0.3, 0.4) is 0 Å². The van der Waals surface area contributed by atoms with E-state index in [-0.39, 0.29) is 23.6 Å². The third kappa shape index (κ3) is 3.99. The van der Waals surface area contributed by atoms with Crippen molar-refractivity contribution in [3.8, 4) is 0 Å². The van der Waals surface area contributed by atoms with Crippen LogP contribution in [0.2, 0.25) is 0 Å². The molecule has 6 atom stereocenters. The molecule has 0 spiro atoms. The molecule has 3 saturated carbocycles. The maximum Gasteiger partial charge on any atom is 0.481 e. The summed E-state index contributed by atoms with van der Waals surface area (Å²) in [5, 5.41) is 2.76. The van der Waals surface area contributed by atoms with Gasteiger partial charge in [-0.3, -0.25) is 4.79 Å². The highest BCUT2D eigenvalue weighted by Crippen LogP contribution is 2.64. The van der Waals surface area contributed by atoms with E-state index < -0.39 is 24.9 Å². The Morgan fingerprint density at radius 1 is 1.29 bits per heavy atom. The first kappa shape index (κ1) is 22.9. The highest BCUT2D eigenvalue weighted by molar-refractivity contribution is 6.48. The number of alkyl carbamates (subject to hydrolysis) is 1. The van der Waals surface area contributed by atoms with E-state index >= 15 is 0 Å². The Labute approximate surface area is 187 Å². The molecule has 2 amide bonds. The number of hydrogen-bond donors (Lipinski definition) is 1. The van der Waals surface area contributed by atoms with E-state index in [4.69, 9.17) is 14.0 Å². The van der Waals surface area contributed by atoms with E-state index in [1.807, 2.05) is 32.6 Å². The Morgan fingerprint density at radius 2 is 2.00 bits per heavy atom. The van der Waals surface area contributed by atoms with E-state index in [0.717, 1.165) is 19.3 Å². The molecule has 0 aromatic heterocycles. The molecule has 5 aliphatic rings. The topological polar surface area (TPSA) is 77.1 Å². The molecule has 0 aromatic rings. The van der Waals surface area contributed by atoms with Crippen LogP contribution < -0.4 is 5.32 Å². The number of carbonyl (C=O) groups excluding carboxylic acids is 2. The number of ether oxygens (including phenoxy) is 1. The maximum absolute atomic E-state index is 13.4. The minimum absolute atomic E-state index is 0.0762. The standard InChI is InChI=1S/C23H39BN2O5/c1-8-16(25-20(28)29-21(2,3)4)19(27)26-11-9-10-17(26)24-30-18-15-12-14(22(15,5)6)13-23(18,7)31-24/h14-18H,8-13H2,1-7H3,(H,25,28)/t14-,15+,16+,17+,18-,23+/m1/s1. The van der Waals surface area contributed by atoms with E-state index in [1.54, 1.807) is 0 Å². The number of amides is 2. The van der Waals surface area contributed by atoms with Gasteiger partial charge in [0.25, 0.3) is 0 Å². The van der Waals surface area contributed by atoms with Crippen LogP contribution in [-0.2, 0) is 18.8 Å². The molecule has 1 N–H and O–H groups in total. The summed E-state index contributed by atoms with van der Waals surface area (Å²) in [5.41, 5.74) is -0.560. The van der Waals surface area contributed by atoms with E-state index in [9.17, 15) is 9.59 Å². The van der Waals surface area contributed by atoms with Crippen molar-refractivity contribution in [2.24, 2.45) is 17.3 Å². The van der Waals surface area contributed by atoms with E-state index in [2.05, 4.69) is 26.1 Å². The fourth-order valence-electron chi connectivity index (χ4n) is 6.25. The minimum atomic E-state index is -0.610. The van der Waals surface area contributed by atoms with Gasteiger partial charge < -0.3 is 24.3 Å². The first-order valence-corrected chi connectivity index (χ1v) is 12.0. The second kappa shape index (κ2) is 7.65. The van der Waals surface area contributed by atoms with Crippen molar-refractivity contribution in [2.45, 2.75) is 110 Å². The van der Waals surface area contributed by atoms with Crippen molar-refractivity contribution < 1.29 is 23.6 Å². The largest absolute Gasteiger partial charge is 0.481 e. The zero-order valence-electron chi connectivity index (χ0n) is 20.2. The number of likely N-dealkylation sites (tertiary alicyclic amines) is 1. The summed E-state index contributed by atoms with van der Waals surface area (Å²) < 4.78 is 18.4. The number of nitrogens with zero attached hydrogens (tertiary/aromatic N) is 1. The Kier molecular flexibility index (Phi) is 5.65. The third-order valence-corrected chi connectivity index (χ3v) is 8.13. The predicted octanol–water partition coefficient (Wildman–Crippen LogP) is 3.55. The summed E-state index contributed by atoms with van der Waals surface area (Å²) in [6.07, 6.45) is 4.06. The van der Waals surface area contributed by atoms with Crippen molar-refractivity contribution in [2.75, 3.05) is 6.54 Å². The lowest BCUT2D eigenvalue weighted by Gasteiger charge is -2.63. The molecule has 2 bridgehead atoms. The van der Waals surface area contributed by atoms with Gasteiger partial charge in [0.2, 0.25) is 5.91 Å². The van der Waals surface area contributed by atoms with Crippen molar-refractivity contribution in [3.63, 3.8) is 0 Å². The average Bonchev–Trinajstić information content (AvgIpc) is 3.27. The summed E-state index contributed by atoms with van der Waals surface area (Å²) in [6, 6.07) is -0.610. The van der Waals surface area contributed by atoms with Crippen molar-refractivity contribution in [1.29, 1.82) is 0 Å². The second-order valence-electron chi connectivity index (χ2n) is 11.8. The lowest BCUT2D eigenvalue weighted by molar-refractivity contribution is -0.185. The van der Waals surface area contributed by atoms with Crippen molar-refractivity contribution >= 4 is 19.1 Å². The third-order valence-electron chi connectivity index (χ3n) is 8.13. The Bertz CT molecular complexity index is 738. The van der Waals surface area contributed by atoms with Crippen LogP contribution in [0.25, 0.3) is 0 Å². The Hall–Kier alpha value is -1.28. The number of nitrogens with one attached hydrogen (secondary N) is 1. The van der Waals surface area contributed by atoms with E-state index in [0.29, 0.717) is 30.2 Å². The first-order chi connectivity index (χ1) is 14.4. The SMILES string of the molecule is CC[C@H](NC(=O)OC(C)(C)C)C(=O)N1CCC[C@H]1B1O[C@@H]2[C@@H]3C[C@H](C[C@]2(C)O1)C3(C)C. The summed E-state index contributed by atoms with van der Waals surface area (Å²) in [5.74, 6) is 1.02. The van der Waals surface area contributed by atoms with Gasteiger partial charge in [-0.15, -0.1) is 0 Å². The minimum Gasteiger partial charge on any atom is -0.444 e. The van der Waals surface area contributed by atoms with Crippen LogP contribution >= 0.6 is 0 Å².